The molecule has 1 fully saturated rings. The maximum absolute atomic E-state index is 11.9. The standard InChI is InChI=1S/C20H27N3O3/c1-13(24)14-5-6-15(12-21)18(11-14)22-16-7-9-17(10-8-16)23-19(25)26-20(2,3)4/h5-6,11,16-17,22H,7-10H2,1-4H3,(H,23,25). The van der Waals surface area contributed by atoms with E-state index in [1.807, 2.05) is 20.8 Å². The largest absolute Gasteiger partial charge is 0.444 e. The summed E-state index contributed by atoms with van der Waals surface area (Å²) in [5.41, 5.74) is 1.32. The molecular weight excluding hydrogens is 330 g/mol. The summed E-state index contributed by atoms with van der Waals surface area (Å²) < 4.78 is 5.30. The van der Waals surface area contributed by atoms with Crippen molar-refractivity contribution in [3.8, 4) is 6.07 Å². The number of benzene rings is 1. The van der Waals surface area contributed by atoms with Crippen molar-refractivity contribution in [1.29, 1.82) is 5.26 Å². The van der Waals surface area contributed by atoms with Gasteiger partial charge in [0.25, 0.3) is 0 Å². The summed E-state index contributed by atoms with van der Waals surface area (Å²) in [4.78, 5) is 23.4. The first-order valence-electron chi connectivity index (χ1n) is 8.99. The third-order valence-electron chi connectivity index (χ3n) is 4.35. The molecule has 0 aromatic heterocycles. The average molecular weight is 357 g/mol. The fourth-order valence-electron chi connectivity index (χ4n) is 3.06. The zero-order chi connectivity index (χ0) is 19.3. The molecular formula is C20H27N3O3. The van der Waals surface area contributed by atoms with Crippen molar-refractivity contribution in [3.63, 3.8) is 0 Å². The summed E-state index contributed by atoms with van der Waals surface area (Å²) in [7, 11) is 0. The highest BCUT2D eigenvalue weighted by Gasteiger charge is 2.25. The van der Waals surface area contributed by atoms with Crippen LogP contribution in [-0.2, 0) is 4.74 Å². The van der Waals surface area contributed by atoms with Crippen molar-refractivity contribution in [3.05, 3.63) is 29.3 Å². The Morgan fingerprint density at radius 2 is 1.77 bits per heavy atom. The van der Waals surface area contributed by atoms with Crippen LogP contribution in [0.1, 0.15) is 69.3 Å². The Hall–Kier alpha value is -2.55. The minimum Gasteiger partial charge on any atom is -0.444 e. The van der Waals surface area contributed by atoms with E-state index in [2.05, 4.69) is 16.7 Å². The lowest BCUT2D eigenvalue weighted by molar-refractivity contribution is 0.0492. The lowest BCUT2D eigenvalue weighted by Crippen LogP contribution is -2.42. The number of carbonyl (C=O) groups is 2. The van der Waals surface area contributed by atoms with E-state index in [0.29, 0.717) is 16.8 Å². The van der Waals surface area contributed by atoms with Gasteiger partial charge in [0.2, 0.25) is 0 Å². The number of hydrogen-bond acceptors (Lipinski definition) is 5. The third-order valence-corrected chi connectivity index (χ3v) is 4.35. The average Bonchev–Trinajstić information content (AvgIpc) is 2.54. The minimum absolute atomic E-state index is 0.0252. The molecule has 0 radical (unpaired) electrons. The van der Waals surface area contributed by atoms with Gasteiger partial charge in [0.15, 0.2) is 5.78 Å². The molecule has 0 atom stereocenters. The van der Waals surface area contributed by atoms with Gasteiger partial charge in [-0.05, 0) is 71.6 Å². The minimum atomic E-state index is -0.502. The summed E-state index contributed by atoms with van der Waals surface area (Å²) >= 11 is 0. The molecule has 0 saturated heterocycles. The van der Waals surface area contributed by atoms with Gasteiger partial charge in [0.05, 0.1) is 11.3 Å². The SMILES string of the molecule is CC(=O)c1ccc(C#N)c(NC2CCC(NC(=O)OC(C)(C)C)CC2)c1. The number of ketones is 1. The first-order chi connectivity index (χ1) is 12.2. The van der Waals surface area contributed by atoms with Crippen LogP contribution in [0, 0.1) is 11.3 Å². The van der Waals surface area contributed by atoms with Crippen molar-refractivity contribution in [2.45, 2.75) is 71.1 Å². The summed E-state index contributed by atoms with van der Waals surface area (Å²) in [5, 5.41) is 15.6. The van der Waals surface area contributed by atoms with Gasteiger partial charge in [-0.3, -0.25) is 4.79 Å². The molecule has 2 N–H and O–H groups in total. The molecule has 1 aliphatic rings. The molecule has 0 heterocycles. The number of alkyl carbamates (subject to hydrolysis) is 1. The number of carbonyl (C=O) groups excluding carboxylic acids is 2. The van der Waals surface area contributed by atoms with Gasteiger partial charge in [0, 0.05) is 17.6 Å². The fraction of sp³-hybridized carbons (Fsp3) is 0.550. The normalized spacial score (nSPS) is 20.0. The second-order valence-corrected chi connectivity index (χ2v) is 7.77. The predicted molar refractivity (Wildman–Crippen MR) is 100 cm³/mol. The Morgan fingerprint density at radius 1 is 1.15 bits per heavy atom. The first kappa shape index (κ1) is 19.8. The number of hydrogen-bond donors (Lipinski definition) is 2. The van der Waals surface area contributed by atoms with Crippen LogP contribution in [0.5, 0.6) is 0 Å². The van der Waals surface area contributed by atoms with E-state index in [0.717, 1.165) is 25.7 Å². The Labute approximate surface area is 154 Å². The summed E-state index contributed by atoms with van der Waals surface area (Å²) in [5.74, 6) is -0.0252. The highest BCUT2D eigenvalue weighted by Crippen LogP contribution is 2.25. The number of amides is 1. The fourth-order valence-corrected chi connectivity index (χ4v) is 3.06. The van der Waals surface area contributed by atoms with Crippen molar-refractivity contribution >= 4 is 17.6 Å². The Morgan fingerprint density at radius 3 is 2.31 bits per heavy atom. The Balaban J connectivity index is 1.91. The van der Waals surface area contributed by atoms with Gasteiger partial charge in [-0.1, -0.05) is 0 Å². The molecule has 2 rings (SSSR count). The maximum atomic E-state index is 11.9. The molecule has 1 saturated carbocycles. The molecule has 1 amide bonds. The highest BCUT2D eigenvalue weighted by molar-refractivity contribution is 5.95. The van der Waals surface area contributed by atoms with Crippen LogP contribution >= 0.6 is 0 Å². The molecule has 0 unspecified atom stereocenters. The molecule has 6 nitrogen and oxygen atoms in total. The number of nitrogens with one attached hydrogen (secondary N) is 2. The zero-order valence-corrected chi connectivity index (χ0v) is 15.9. The van der Waals surface area contributed by atoms with E-state index in [1.165, 1.54) is 6.92 Å². The number of rotatable bonds is 4. The quantitative estimate of drug-likeness (QED) is 0.795. The summed E-state index contributed by atoms with van der Waals surface area (Å²) in [6.45, 7) is 7.04. The number of anilines is 1. The van der Waals surface area contributed by atoms with E-state index < -0.39 is 5.60 Å². The van der Waals surface area contributed by atoms with Gasteiger partial charge in [-0.25, -0.2) is 4.79 Å². The second kappa shape index (κ2) is 8.22. The van der Waals surface area contributed by atoms with Gasteiger partial charge in [0.1, 0.15) is 11.7 Å². The lowest BCUT2D eigenvalue weighted by atomic mass is 9.91. The van der Waals surface area contributed by atoms with E-state index in [4.69, 9.17) is 4.74 Å². The molecule has 140 valence electrons. The molecule has 0 aliphatic heterocycles. The smallest absolute Gasteiger partial charge is 0.407 e. The lowest BCUT2D eigenvalue weighted by Gasteiger charge is -2.31. The van der Waals surface area contributed by atoms with E-state index >= 15 is 0 Å². The van der Waals surface area contributed by atoms with Crippen molar-refractivity contribution in [2.24, 2.45) is 0 Å². The van der Waals surface area contributed by atoms with E-state index in [-0.39, 0.29) is 24.0 Å². The third kappa shape index (κ3) is 5.76. The van der Waals surface area contributed by atoms with E-state index in [1.54, 1.807) is 18.2 Å². The van der Waals surface area contributed by atoms with Crippen LogP contribution in [0.15, 0.2) is 18.2 Å². The van der Waals surface area contributed by atoms with Gasteiger partial charge < -0.3 is 15.4 Å². The molecule has 1 aliphatic carbocycles. The van der Waals surface area contributed by atoms with Crippen LogP contribution in [0.2, 0.25) is 0 Å². The molecule has 0 bridgehead atoms. The molecule has 0 spiro atoms. The molecule has 1 aromatic rings. The molecule has 1 aromatic carbocycles. The zero-order valence-electron chi connectivity index (χ0n) is 15.9. The van der Waals surface area contributed by atoms with Gasteiger partial charge in [-0.2, -0.15) is 5.26 Å². The topological polar surface area (TPSA) is 91.2 Å². The van der Waals surface area contributed by atoms with Crippen molar-refractivity contribution in [2.75, 3.05) is 5.32 Å². The predicted octanol–water partition coefficient (Wildman–Crippen LogP) is 4.01. The number of Topliss-reactive ketones (excluding diaryl/α,β-unsaturated/α-hetero) is 1. The number of nitrogens with zero attached hydrogens (tertiary/aromatic N) is 1. The van der Waals surface area contributed by atoms with E-state index in [9.17, 15) is 14.9 Å². The summed E-state index contributed by atoms with van der Waals surface area (Å²) in [6, 6.07) is 7.56. The highest BCUT2D eigenvalue weighted by atomic mass is 16.6. The Bertz CT molecular complexity index is 708. The van der Waals surface area contributed by atoms with Gasteiger partial charge in [-0.15, -0.1) is 0 Å². The van der Waals surface area contributed by atoms with Crippen LogP contribution in [0.4, 0.5) is 10.5 Å². The van der Waals surface area contributed by atoms with Crippen LogP contribution in [0.3, 0.4) is 0 Å². The first-order valence-corrected chi connectivity index (χ1v) is 8.99. The maximum Gasteiger partial charge on any atom is 0.407 e. The van der Waals surface area contributed by atoms with Crippen LogP contribution in [-0.4, -0.2) is 29.6 Å². The molecule has 6 heteroatoms. The van der Waals surface area contributed by atoms with Crippen LogP contribution in [0.25, 0.3) is 0 Å². The second-order valence-electron chi connectivity index (χ2n) is 7.77. The van der Waals surface area contributed by atoms with Crippen LogP contribution < -0.4 is 10.6 Å². The monoisotopic (exact) mass is 357 g/mol. The summed E-state index contributed by atoms with van der Waals surface area (Å²) in [6.07, 6.45) is 3.04. The Kier molecular flexibility index (Phi) is 6.25. The van der Waals surface area contributed by atoms with Gasteiger partial charge >= 0.3 is 6.09 Å². The number of ether oxygens (including phenoxy) is 1. The number of nitriles is 1. The molecule has 26 heavy (non-hydrogen) atoms. The van der Waals surface area contributed by atoms with Crippen molar-refractivity contribution < 1.29 is 14.3 Å². The van der Waals surface area contributed by atoms with Crippen molar-refractivity contribution in [1.82, 2.24) is 5.32 Å².